The first-order chi connectivity index (χ1) is 19.4. The van der Waals surface area contributed by atoms with Crippen LogP contribution in [0.3, 0.4) is 0 Å². The highest BCUT2D eigenvalue weighted by atomic mass is 32.2. The number of rotatable bonds is 5. The molecule has 0 aliphatic heterocycles. The molecule has 0 saturated carbocycles. The zero-order chi connectivity index (χ0) is 27.6. The van der Waals surface area contributed by atoms with Crippen molar-refractivity contribution >= 4 is 17.3 Å². The van der Waals surface area contributed by atoms with E-state index in [0.29, 0.717) is 0 Å². The lowest BCUT2D eigenvalue weighted by Crippen LogP contribution is -2.26. The number of fused-ring (bicyclic) bond motifs is 10. The number of thioether (sulfide) groups is 1. The van der Waals surface area contributed by atoms with Crippen LogP contribution in [0.4, 0.5) is 0 Å². The minimum atomic E-state index is -0.398. The maximum atomic E-state index is 4.47. The van der Waals surface area contributed by atoms with Gasteiger partial charge in [0.15, 0.2) is 0 Å². The van der Waals surface area contributed by atoms with E-state index < -0.39 is 5.41 Å². The van der Waals surface area contributed by atoms with Crippen LogP contribution in [0.2, 0.25) is 0 Å². The third-order valence-electron chi connectivity index (χ3n) is 8.49. The largest absolute Gasteiger partial charge is 0.0985 e. The predicted octanol–water partition coefficient (Wildman–Crippen LogP) is 10.8. The minimum Gasteiger partial charge on any atom is -0.0985 e. The number of allylic oxidation sites excluding steroid dienone is 3. The molecule has 2 aliphatic rings. The topological polar surface area (TPSA) is 0 Å². The molecule has 192 valence electrons. The summed E-state index contributed by atoms with van der Waals surface area (Å²) < 4.78 is 0. The molecular weight excluding hydrogens is 500 g/mol. The Morgan fingerprint density at radius 1 is 0.675 bits per heavy atom. The summed E-state index contributed by atoms with van der Waals surface area (Å²) in [6, 6.07) is 38.3. The van der Waals surface area contributed by atoms with E-state index in [-0.39, 0.29) is 0 Å². The quantitative estimate of drug-likeness (QED) is 0.157. The van der Waals surface area contributed by atoms with E-state index in [4.69, 9.17) is 0 Å². The smallest absolute Gasteiger partial charge is 0.0725 e. The van der Waals surface area contributed by atoms with E-state index in [1.807, 2.05) is 6.08 Å². The first kappa shape index (κ1) is 24.7. The molecule has 0 amide bonds. The molecule has 0 radical (unpaired) electrons. The highest BCUT2D eigenvalue weighted by molar-refractivity contribution is 8.03. The highest BCUT2D eigenvalue weighted by Crippen LogP contribution is 2.64. The van der Waals surface area contributed by atoms with Gasteiger partial charge in [-0.1, -0.05) is 123 Å². The molecule has 0 unspecified atom stereocenters. The fraction of sp³-hybridized carbons (Fsp3) is 0.0769. The lowest BCUT2D eigenvalue weighted by Gasteiger charge is -2.31. The fourth-order valence-corrected chi connectivity index (χ4v) is 7.61. The molecule has 0 nitrogen and oxygen atoms in total. The number of aryl methyl sites for hydroxylation is 1. The van der Waals surface area contributed by atoms with E-state index in [1.54, 1.807) is 11.8 Å². The van der Waals surface area contributed by atoms with Crippen molar-refractivity contribution in [3.05, 3.63) is 167 Å². The molecule has 0 fully saturated rings. The second-order valence-corrected chi connectivity index (χ2v) is 12.2. The Balaban J connectivity index is 1.62. The van der Waals surface area contributed by atoms with Crippen LogP contribution in [-0.4, -0.2) is 0 Å². The Morgan fingerprint density at radius 2 is 1.25 bits per heavy atom. The zero-order valence-electron chi connectivity index (χ0n) is 22.9. The van der Waals surface area contributed by atoms with Gasteiger partial charge < -0.3 is 0 Å². The molecule has 0 atom stereocenters. The third-order valence-corrected chi connectivity index (χ3v) is 9.50. The molecule has 0 bridgehead atoms. The van der Waals surface area contributed by atoms with Gasteiger partial charge in [-0.15, -0.1) is 0 Å². The zero-order valence-corrected chi connectivity index (χ0v) is 23.7. The van der Waals surface area contributed by atoms with E-state index >= 15 is 0 Å². The van der Waals surface area contributed by atoms with Crippen molar-refractivity contribution in [1.29, 1.82) is 0 Å². The minimum absolute atomic E-state index is 0.398. The first-order valence-corrected chi connectivity index (χ1v) is 14.5. The summed E-state index contributed by atoms with van der Waals surface area (Å²) in [5.74, 6) is 0. The maximum absolute atomic E-state index is 4.47. The van der Waals surface area contributed by atoms with Crippen molar-refractivity contribution in [2.75, 3.05) is 0 Å². The number of benzene rings is 5. The van der Waals surface area contributed by atoms with Crippen LogP contribution in [0.25, 0.3) is 39.0 Å². The lowest BCUT2D eigenvalue weighted by molar-refractivity contribution is 0.794. The third kappa shape index (κ3) is 3.34. The van der Waals surface area contributed by atoms with Crippen LogP contribution >= 0.6 is 11.8 Å². The van der Waals surface area contributed by atoms with Crippen molar-refractivity contribution in [3.8, 4) is 33.4 Å². The van der Waals surface area contributed by atoms with Gasteiger partial charge in [-0.3, -0.25) is 0 Å². The summed E-state index contributed by atoms with van der Waals surface area (Å²) in [6.07, 6.45) is 1.89. The lowest BCUT2D eigenvalue weighted by atomic mass is 9.70. The summed E-state index contributed by atoms with van der Waals surface area (Å²) in [5, 5.41) is 0. The summed E-state index contributed by atoms with van der Waals surface area (Å²) in [6.45, 7) is 17.0. The van der Waals surface area contributed by atoms with Crippen LogP contribution < -0.4 is 0 Å². The van der Waals surface area contributed by atoms with Gasteiger partial charge in [0.1, 0.15) is 0 Å². The molecule has 7 rings (SSSR count). The Bertz CT molecular complexity index is 1860. The standard InChI is InChI=1S/C39H30S/c1-6-25(4)32-21-28(27-20-19-26(5)37(23-27)40-24(2)3)22-36-38(32)31-15-9-12-18-35(31)39(36)33-16-10-7-13-29(33)30-14-8-11-17-34(30)39/h6-23H,1-2,4H2,3,5H3. The highest BCUT2D eigenvalue weighted by Gasteiger charge is 2.52. The van der Waals surface area contributed by atoms with Crippen LogP contribution in [0.1, 0.15) is 40.3 Å². The molecule has 0 saturated heterocycles. The molecule has 0 heterocycles. The van der Waals surface area contributed by atoms with Crippen molar-refractivity contribution in [2.24, 2.45) is 0 Å². The van der Waals surface area contributed by atoms with E-state index in [2.05, 4.69) is 137 Å². The summed E-state index contributed by atoms with van der Waals surface area (Å²) in [5.41, 5.74) is 15.8. The molecule has 0 N–H and O–H groups in total. The normalized spacial score (nSPS) is 13.3. The molecule has 5 aromatic rings. The first-order valence-electron chi connectivity index (χ1n) is 13.7. The summed E-state index contributed by atoms with van der Waals surface area (Å²) >= 11 is 1.74. The van der Waals surface area contributed by atoms with Crippen LogP contribution in [0.15, 0.2) is 139 Å². The molecule has 1 spiro atoms. The maximum Gasteiger partial charge on any atom is 0.0725 e. The monoisotopic (exact) mass is 530 g/mol. The molecule has 0 aromatic heterocycles. The van der Waals surface area contributed by atoms with Crippen molar-refractivity contribution in [2.45, 2.75) is 24.2 Å². The van der Waals surface area contributed by atoms with Gasteiger partial charge in [0, 0.05) is 4.90 Å². The molecule has 5 aromatic carbocycles. The second kappa shape index (κ2) is 9.11. The number of hydrogen-bond acceptors (Lipinski definition) is 1. The SMILES string of the molecule is C=CC(=C)c1cc(-c2ccc(C)c(SC(=C)C)c2)cc2c1-c1ccccc1C21c2ccccc2-c2ccccc21. The van der Waals surface area contributed by atoms with Crippen molar-refractivity contribution < 1.29 is 0 Å². The van der Waals surface area contributed by atoms with Crippen molar-refractivity contribution in [3.63, 3.8) is 0 Å². The van der Waals surface area contributed by atoms with Gasteiger partial charge in [0.25, 0.3) is 0 Å². The van der Waals surface area contributed by atoms with Crippen LogP contribution in [0, 0.1) is 6.92 Å². The molecular formula is C39H30S. The Hall–Kier alpha value is -4.33. The molecule has 40 heavy (non-hydrogen) atoms. The van der Waals surface area contributed by atoms with Crippen LogP contribution in [0.5, 0.6) is 0 Å². The fourth-order valence-electron chi connectivity index (χ4n) is 6.82. The van der Waals surface area contributed by atoms with Gasteiger partial charge in [0.05, 0.1) is 5.41 Å². The van der Waals surface area contributed by atoms with E-state index in [0.717, 1.165) is 16.0 Å². The molecule has 1 heteroatoms. The predicted molar refractivity (Wildman–Crippen MR) is 173 cm³/mol. The van der Waals surface area contributed by atoms with Gasteiger partial charge in [0.2, 0.25) is 0 Å². The Morgan fingerprint density at radius 3 is 1.85 bits per heavy atom. The molecule has 2 aliphatic carbocycles. The van der Waals surface area contributed by atoms with Gasteiger partial charge >= 0.3 is 0 Å². The number of hydrogen-bond donors (Lipinski definition) is 0. The van der Waals surface area contributed by atoms with Gasteiger partial charge in [-0.25, -0.2) is 0 Å². The van der Waals surface area contributed by atoms with E-state index in [1.165, 1.54) is 66.1 Å². The van der Waals surface area contributed by atoms with Gasteiger partial charge in [-0.2, -0.15) is 0 Å². The Kier molecular flexibility index (Phi) is 5.63. The summed E-state index contributed by atoms with van der Waals surface area (Å²) in [4.78, 5) is 2.33. The average Bonchev–Trinajstić information content (AvgIpc) is 3.45. The van der Waals surface area contributed by atoms with Crippen molar-refractivity contribution in [1.82, 2.24) is 0 Å². The van der Waals surface area contributed by atoms with Gasteiger partial charge in [-0.05, 0) is 109 Å². The second-order valence-electron chi connectivity index (χ2n) is 10.8. The summed E-state index contributed by atoms with van der Waals surface area (Å²) in [7, 11) is 0. The van der Waals surface area contributed by atoms with E-state index in [9.17, 15) is 0 Å². The average molecular weight is 531 g/mol. The van der Waals surface area contributed by atoms with Crippen LogP contribution in [-0.2, 0) is 5.41 Å². The Labute approximate surface area is 241 Å².